The van der Waals surface area contributed by atoms with Crippen LogP contribution in [0.5, 0.6) is 0 Å². The third-order valence-corrected chi connectivity index (χ3v) is 3.35. The summed E-state index contributed by atoms with van der Waals surface area (Å²) in [6.07, 6.45) is 3.03. The monoisotopic (exact) mass is 235 g/mol. The van der Waals surface area contributed by atoms with E-state index in [1.54, 1.807) is 6.20 Å². The topological polar surface area (TPSA) is 57.4 Å². The highest BCUT2D eigenvalue weighted by atomic mass is 15.2. The van der Waals surface area contributed by atoms with Gasteiger partial charge < -0.3 is 10.3 Å². The highest BCUT2D eigenvalue weighted by Gasteiger charge is 2.23. The first-order valence-corrected chi connectivity index (χ1v) is 5.99. The molecule has 1 unspecified atom stereocenters. The van der Waals surface area contributed by atoms with Crippen molar-refractivity contribution in [1.82, 2.24) is 14.8 Å². The predicted octanol–water partition coefficient (Wildman–Crippen LogP) is 0.503. The Hall–Kier alpha value is -1.17. The number of pyridine rings is 1. The smallest absolute Gasteiger partial charge is 0.0564 e. The maximum atomic E-state index is 5.39. The van der Waals surface area contributed by atoms with Crippen LogP contribution in [-0.4, -0.2) is 48.0 Å². The normalized spacial score (nSPS) is 21.1. The zero-order valence-electron chi connectivity index (χ0n) is 10.6. The van der Waals surface area contributed by atoms with E-state index in [2.05, 4.69) is 34.3 Å². The molecule has 0 radical (unpaired) electrons. The van der Waals surface area contributed by atoms with Crippen molar-refractivity contribution in [3.63, 3.8) is 0 Å². The molecule has 1 saturated heterocycles. The molecule has 1 atom stereocenters. The number of hydrogen-bond donors (Lipinski definition) is 2. The van der Waals surface area contributed by atoms with Gasteiger partial charge >= 0.3 is 0 Å². The van der Waals surface area contributed by atoms with E-state index in [1.807, 2.05) is 12.1 Å². The first-order chi connectivity index (χ1) is 8.19. The van der Waals surface area contributed by atoms with Crippen LogP contribution in [0, 0.1) is 0 Å². The quantitative estimate of drug-likeness (QED) is 0.588. The minimum atomic E-state index is 0.672. The van der Waals surface area contributed by atoms with Crippen LogP contribution < -0.4 is 11.3 Å². The van der Waals surface area contributed by atoms with Gasteiger partial charge in [-0.05, 0) is 32.6 Å². The van der Waals surface area contributed by atoms with E-state index < -0.39 is 0 Å². The highest BCUT2D eigenvalue weighted by molar-refractivity contribution is 5.41. The lowest BCUT2D eigenvalue weighted by atomic mass is 10.2. The predicted molar refractivity (Wildman–Crippen MR) is 69.4 cm³/mol. The van der Waals surface area contributed by atoms with E-state index in [-0.39, 0.29) is 0 Å². The summed E-state index contributed by atoms with van der Waals surface area (Å²) in [7, 11) is 4.29. The molecule has 2 heterocycles. The number of likely N-dealkylation sites (N-methyl/N-ethyl adjacent to an activating group) is 1. The van der Waals surface area contributed by atoms with Crippen molar-refractivity contribution >= 4 is 5.69 Å². The van der Waals surface area contributed by atoms with Gasteiger partial charge in [0.25, 0.3) is 0 Å². The molecule has 2 rings (SSSR count). The third kappa shape index (κ3) is 3.15. The highest BCUT2D eigenvalue weighted by Crippen LogP contribution is 2.16. The minimum Gasteiger partial charge on any atom is -0.324 e. The van der Waals surface area contributed by atoms with Gasteiger partial charge in [-0.3, -0.25) is 15.7 Å². The van der Waals surface area contributed by atoms with Gasteiger partial charge in [0, 0.05) is 31.9 Å². The second kappa shape index (κ2) is 5.44. The van der Waals surface area contributed by atoms with Crippen molar-refractivity contribution < 1.29 is 0 Å². The summed E-state index contributed by atoms with van der Waals surface area (Å²) >= 11 is 0. The Kier molecular flexibility index (Phi) is 3.93. The number of nitrogen functional groups attached to an aromatic ring is 1. The molecule has 94 valence electrons. The van der Waals surface area contributed by atoms with E-state index in [0.717, 1.165) is 31.0 Å². The molecule has 5 nitrogen and oxygen atoms in total. The lowest BCUT2D eigenvalue weighted by Crippen LogP contribution is -2.31. The molecule has 0 aromatic carbocycles. The van der Waals surface area contributed by atoms with Crippen LogP contribution >= 0.6 is 0 Å². The minimum absolute atomic E-state index is 0.672. The molecule has 3 N–H and O–H groups in total. The average Bonchev–Trinajstić information content (AvgIpc) is 2.78. The Morgan fingerprint density at radius 3 is 3.06 bits per heavy atom. The van der Waals surface area contributed by atoms with Gasteiger partial charge in [0.1, 0.15) is 0 Å². The summed E-state index contributed by atoms with van der Waals surface area (Å²) in [5.74, 6) is 5.39. The largest absolute Gasteiger partial charge is 0.324 e. The van der Waals surface area contributed by atoms with E-state index in [0.29, 0.717) is 6.04 Å². The van der Waals surface area contributed by atoms with E-state index in [4.69, 9.17) is 5.84 Å². The van der Waals surface area contributed by atoms with Crippen molar-refractivity contribution in [1.29, 1.82) is 0 Å². The molecule has 0 amide bonds. The lowest BCUT2D eigenvalue weighted by molar-refractivity contribution is 0.263. The molecule has 0 aliphatic carbocycles. The fraction of sp³-hybridized carbons (Fsp3) is 0.583. The maximum absolute atomic E-state index is 5.39. The molecule has 1 aromatic heterocycles. The zero-order valence-corrected chi connectivity index (χ0v) is 10.6. The van der Waals surface area contributed by atoms with Gasteiger partial charge in [-0.25, -0.2) is 0 Å². The van der Waals surface area contributed by atoms with E-state index in [9.17, 15) is 0 Å². The van der Waals surface area contributed by atoms with Crippen LogP contribution in [0.15, 0.2) is 18.3 Å². The Morgan fingerprint density at radius 1 is 1.59 bits per heavy atom. The van der Waals surface area contributed by atoms with Crippen molar-refractivity contribution in [2.24, 2.45) is 5.84 Å². The van der Waals surface area contributed by atoms with Gasteiger partial charge in [-0.15, -0.1) is 0 Å². The van der Waals surface area contributed by atoms with Gasteiger partial charge in [-0.1, -0.05) is 0 Å². The van der Waals surface area contributed by atoms with Crippen molar-refractivity contribution in [3.05, 3.63) is 24.0 Å². The number of nitrogens with two attached hydrogens (primary N) is 1. The van der Waals surface area contributed by atoms with Crippen molar-refractivity contribution in [3.8, 4) is 0 Å². The van der Waals surface area contributed by atoms with Crippen LogP contribution in [-0.2, 0) is 6.54 Å². The van der Waals surface area contributed by atoms with Gasteiger partial charge in [0.05, 0.1) is 11.4 Å². The molecule has 0 saturated carbocycles. The van der Waals surface area contributed by atoms with Gasteiger partial charge in [-0.2, -0.15) is 0 Å². The number of nitrogens with one attached hydrogen (secondary N) is 1. The summed E-state index contributed by atoms with van der Waals surface area (Å²) in [6, 6.07) is 4.55. The van der Waals surface area contributed by atoms with E-state index >= 15 is 0 Å². The Morgan fingerprint density at radius 2 is 2.41 bits per heavy atom. The van der Waals surface area contributed by atoms with Crippen molar-refractivity contribution in [2.45, 2.75) is 19.0 Å². The molecule has 1 aromatic rings. The second-order valence-corrected chi connectivity index (χ2v) is 4.82. The first kappa shape index (κ1) is 12.3. The second-order valence-electron chi connectivity index (χ2n) is 4.82. The molecule has 0 spiro atoms. The molecule has 0 bridgehead atoms. The van der Waals surface area contributed by atoms with Crippen LogP contribution in [0.3, 0.4) is 0 Å². The van der Waals surface area contributed by atoms with E-state index in [1.165, 1.54) is 6.42 Å². The van der Waals surface area contributed by atoms with Crippen molar-refractivity contribution in [2.75, 3.05) is 32.6 Å². The molecule has 5 heteroatoms. The average molecular weight is 235 g/mol. The van der Waals surface area contributed by atoms with Crippen LogP contribution in [0.25, 0.3) is 0 Å². The molecular formula is C12H21N5. The Labute approximate surface area is 103 Å². The number of aromatic nitrogens is 1. The number of anilines is 1. The molecule has 1 aliphatic heterocycles. The third-order valence-electron chi connectivity index (χ3n) is 3.35. The summed E-state index contributed by atoms with van der Waals surface area (Å²) in [6.45, 7) is 3.17. The molecule has 1 aliphatic rings. The zero-order chi connectivity index (χ0) is 12.3. The standard InChI is InChI=1S/C12H21N5/c1-16(2)12-4-6-17(9-12)8-11-7-10(15-13)3-5-14-11/h3,5,7,12H,4,6,8-9,13H2,1-2H3,(H,14,15). The first-order valence-electron chi connectivity index (χ1n) is 5.99. The number of rotatable bonds is 4. The summed E-state index contributed by atoms with van der Waals surface area (Å²) < 4.78 is 0. The number of hydrazine groups is 1. The maximum Gasteiger partial charge on any atom is 0.0564 e. The number of nitrogens with zero attached hydrogens (tertiary/aromatic N) is 3. The lowest BCUT2D eigenvalue weighted by Gasteiger charge is -2.20. The number of likely N-dealkylation sites (tertiary alicyclic amines) is 1. The molecular weight excluding hydrogens is 214 g/mol. The fourth-order valence-corrected chi connectivity index (χ4v) is 2.26. The van der Waals surface area contributed by atoms with Crippen LogP contribution in [0.1, 0.15) is 12.1 Å². The van der Waals surface area contributed by atoms with Crippen LogP contribution in [0.4, 0.5) is 5.69 Å². The Balaban J connectivity index is 1.93. The van der Waals surface area contributed by atoms with Gasteiger partial charge in [0.15, 0.2) is 0 Å². The van der Waals surface area contributed by atoms with Gasteiger partial charge in [0.2, 0.25) is 0 Å². The summed E-state index contributed by atoms with van der Waals surface area (Å²) in [4.78, 5) is 9.10. The van der Waals surface area contributed by atoms with Crippen LogP contribution in [0.2, 0.25) is 0 Å². The molecule has 1 fully saturated rings. The fourth-order valence-electron chi connectivity index (χ4n) is 2.26. The SMILES string of the molecule is CN(C)C1CCN(Cc2cc(NN)ccn2)C1. The number of hydrogen-bond acceptors (Lipinski definition) is 5. The summed E-state index contributed by atoms with van der Waals surface area (Å²) in [5.41, 5.74) is 4.64. The summed E-state index contributed by atoms with van der Waals surface area (Å²) in [5, 5.41) is 0. The molecule has 17 heavy (non-hydrogen) atoms. The Bertz CT molecular complexity index is 366.